The summed E-state index contributed by atoms with van der Waals surface area (Å²) < 4.78 is 28.0. The molecule has 7 nitrogen and oxygen atoms in total. The number of aldehydes is 1. The zero-order valence-electron chi connectivity index (χ0n) is 19.5. The lowest BCUT2D eigenvalue weighted by Crippen LogP contribution is -2.31. The van der Waals surface area contributed by atoms with Crippen molar-refractivity contribution in [2.24, 2.45) is 0 Å². The van der Waals surface area contributed by atoms with Crippen molar-refractivity contribution in [2.75, 3.05) is 19.3 Å². The molecule has 0 aromatic heterocycles. The molecule has 1 heterocycles. The summed E-state index contributed by atoms with van der Waals surface area (Å²) in [6, 6.07) is 0. The summed E-state index contributed by atoms with van der Waals surface area (Å²) in [5.74, 6) is 0. The summed E-state index contributed by atoms with van der Waals surface area (Å²) in [5.41, 5.74) is 6.42. The van der Waals surface area contributed by atoms with Crippen LogP contribution in [0, 0.1) is 0 Å². The number of allylic oxidation sites excluding steroid dienone is 5. The molecule has 0 bridgehead atoms. The number of carbonyl (C=O) groups is 1. The van der Waals surface area contributed by atoms with Crippen LogP contribution in [0.3, 0.4) is 0 Å². The van der Waals surface area contributed by atoms with Crippen molar-refractivity contribution in [3.05, 3.63) is 34.9 Å². The second kappa shape index (κ2) is 15.7. The van der Waals surface area contributed by atoms with Crippen LogP contribution in [0.5, 0.6) is 0 Å². The van der Waals surface area contributed by atoms with Gasteiger partial charge in [-0.05, 0) is 72.6 Å². The summed E-state index contributed by atoms with van der Waals surface area (Å²) in [6.07, 6.45) is 11.6. The first-order valence-electron chi connectivity index (χ1n) is 11.1. The molecule has 1 fully saturated rings. The van der Waals surface area contributed by atoms with E-state index in [4.69, 9.17) is 14.1 Å². The second-order valence-electron chi connectivity index (χ2n) is 8.33. The highest BCUT2D eigenvalue weighted by Crippen LogP contribution is 2.41. The van der Waals surface area contributed by atoms with E-state index in [1.54, 1.807) is 0 Å². The first kappa shape index (κ1) is 28.0. The van der Waals surface area contributed by atoms with Crippen LogP contribution in [-0.4, -0.2) is 42.9 Å². The molecular formula is C23H40NO6P. The van der Waals surface area contributed by atoms with E-state index in [9.17, 15) is 14.3 Å². The smallest absolute Gasteiger partial charge is 0.347 e. The van der Waals surface area contributed by atoms with Crippen LogP contribution >= 0.6 is 7.60 Å². The molecule has 0 spiro atoms. The molecule has 0 saturated carbocycles. The first-order valence-corrected chi connectivity index (χ1v) is 12.9. The van der Waals surface area contributed by atoms with Gasteiger partial charge in [0, 0.05) is 13.2 Å². The van der Waals surface area contributed by atoms with Gasteiger partial charge in [0.15, 0.2) is 6.29 Å². The van der Waals surface area contributed by atoms with Gasteiger partial charge < -0.3 is 19.2 Å². The fourth-order valence-corrected chi connectivity index (χ4v) is 4.07. The van der Waals surface area contributed by atoms with Gasteiger partial charge in [0.25, 0.3) is 0 Å². The Morgan fingerprint density at radius 2 is 1.81 bits per heavy atom. The maximum atomic E-state index is 12.2. The predicted octanol–water partition coefficient (Wildman–Crippen LogP) is 5.22. The Labute approximate surface area is 187 Å². The predicted molar refractivity (Wildman–Crippen MR) is 124 cm³/mol. The summed E-state index contributed by atoms with van der Waals surface area (Å²) in [4.78, 5) is 21.2. The van der Waals surface area contributed by atoms with Crippen molar-refractivity contribution < 1.29 is 28.4 Å². The molecule has 31 heavy (non-hydrogen) atoms. The third-order valence-electron chi connectivity index (χ3n) is 4.89. The lowest BCUT2D eigenvalue weighted by molar-refractivity contribution is -0.183. The van der Waals surface area contributed by atoms with Crippen LogP contribution in [0.25, 0.3) is 0 Å². The molecule has 1 aliphatic rings. The normalized spacial score (nSPS) is 20.7. The van der Waals surface area contributed by atoms with E-state index < -0.39 is 26.2 Å². The van der Waals surface area contributed by atoms with Gasteiger partial charge in [0.05, 0.1) is 6.16 Å². The van der Waals surface area contributed by atoms with Crippen molar-refractivity contribution in [2.45, 2.75) is 85.0 Å². The number of ether oxygens (including phenoxy) is 2. The molecule has 0 aromatic rings. The standard InChI is InChI=1S/C23H40NO6P/c1-19(2)9-7-10-20(3)11-8-12-21(4)14-15-24-30-31(26,27)18-22(17-25)29-23-13-5-6-16-28-23/h9,11,14,17,22-24H,5-8,10,12-13,15-16,18H2,1-4H3,(H,26,27). The monoisotopic (exact) mass is 457 g/mol. The summed E-state index contributed by atoms with van der Waals surface area (Å²) in [6.45, 7) is 9.28. The molecule has 8 heteroatoms. The Morgan fingerprint density at radius 1 is 1.13 bits per heavy atom. The van der Waals surface area contributed by atoms with Gasteiger partial charge in [-0.15, -0.1) is 0 Å². The Kier molecular flexibility index (Phi) is 14.1. The molecule has 1 aliphatic heterocycles. The van der Waals surface area contributed by atoms with Gasteiger partial charge in [-0.2, -0.15) is 5.48 Å². The minimum Gasteiger partial charge on any atom is -0.353 e. The summed E-state index contributed by atoms with van der Waals surface area (Å²) in [5, 5.41) is 0. The maximum absolute atomic E-state index is 12.2. The fourth-order valence-electron chi connectivity index (χ4n) is 3.09. The Balaban J connectivity index is 2.28. The van der Waals surface area contributed by atoms with E-state index in [0.29, 0.717) is 25.9 Å². The van der Waals surface area contributed by atoms with Gasteiger partial charge in [-0.3, -0.25) is 4.57 Å². The minimum absolute atomic E-state index is 0.304. The summed E-state index contributed by atoms with van der Waals surface area (Å²) >= 11 is 0. The Bertz CT molecular complexity index is 663. The van der Waals surface area contributed by atoms with Crippen molar-refractivity contribution in [1.29, 1.82) is 0 Å². The first-order chi connectivity index (χ1) is 14.7. The van der Waals surface area contributed by atoms with Crippen LogP contribution in [0.1, 0.15) is 72.6 Å². The van der Waals surface area contributed by atoms with Crippen LogP contribution in [0.15, 0.2) is 34.9 Å². The van der Waals surface area contributed by atoms with Gasteiger partial charge >= 0.3 is 7.60 Å². The van der Waals surface area contributed by atoms with Crippen molar-refractivity contribution in [1.82, 2.24) is 5.48 Å². The van der Waals surface area contributed by atoms with Gasteiger partial charge in [0.2, 0.25) is 0 Å². The molecule has 3 unspecified atom stereocenters. The molecule has 0 radical (unpaired) electrons. The molecule has 0 amide bonds. The number of rotatable bonds is 15. The number of hydrogen-bond acceptors (Lipinski definition) is 6. The van der Waals surface area contributed by atoms with Crippen molar-refractivity contribution in [3.63, 3.8) is 0 Å². The van der Waals surface area contributed by atoms with E-state index in [0.717, 1.165) is 38.5 Å². The highest BCUT2D eigenvalue weighted by molar-refractivity contribution is 7.52. The molecular weight excluding hydrogens is 417 g/mol. The molecule has 0 aliphatic carbocycles. The topological polar surface area (TPSA) is 94.1 Å². The highest BCUT2D eigenvalue weighted by atomic mass is 31.2. The molecule has 178 valence electrons. The van der Waals surface area contributed by atoms with Crippen molar-refractivity contribution >= 4 is 13.9 Å². The lowest BCUT2D eigenvalue weighted by atomic mass is 10.1. The Morgan fingerprint density at radius 3 is 2.42 bits per heavy atom. The van der Waals surface area contributed by atoms with Gasteiger partial charge in [0.1, 0.15) is 12.4 Å². The fraction of sp³-hybridized carbons (Fsp3) is 0.696. The number of nitrogens with one attached hydrogen (secondary N) is 1. The summed E-state index contributed by atoms with van der Waals surface area (Å²) in [7, 11) is -4.01. The van der Waals surface area contributed by atoms with Crippen LogP contribution < -0.4 is 5.48 Å². The molecule has 2 N–H and O–H groups in total. The average Bonchev–Trinajstić information content (AvgIpc) is 2.71. The largest absolute Gasteiger partial charge is 0.353 e. The maximum Gasteiger partial charge on any atom is 0.347 e. The van der Waals surface area contributed by atoms with Crippen LogP contribution in [-0.2, 0) is 23.5 Å². The zero-order chi connectivity index (χ0) is 23.1. The van der Waals surface area contributed by atoms with Crippen LogP contribution in [0.2, 0.25) is 0 Å². The van der Waals surface area contributed by atoms with E-state index in [2.05, 4.69) is 38.4 Å². The second-order valence-corrected chi connectivity index (χ2v) is 10.1. The third-order valence-corrected chi connectivity index (χ3v) is 6.13. The highest BCUT2D eigenvalue weighted by Gasteiger charge is 2.29. The van der Waals surface area contributed by atoms with Crippen LogP contribution in [0.4, 0.5) is 0 Å². The average molecular weight is 458 g/mol. The van der Waals surface area contributed by atoms with Crippen molar-refractivity contribution in [3.8, 4) is 0 Å². The molecule has 0 aromatic carbocycles. The van der Waals surface area contributed by atoms with Gasteiger partial charge in [-0.25, -0.2) is 4.62 Å². The van der Waals surface area contributed by atoms with E-state index in [1.807, 2.05) is 13.0 Å². The minimum atomic E-state index is -4.01. The SMILES string of the molecule is CC(C)=CCCC(C)=CCCC(C)=CCNOP(=O)(O)CC(C=O)OC1CCCCO1. The van der Waals surface area contributed by atoms with E-state index >= 15 is 0 Å². The lowest BCUT2D eigenvalue weighted by Gasteiger charge is -2.26. The zero-order valence-corrected chi connectivity index (χ0v) is 20.4. The molecule has 3 atom stereocenters. The third kappa shape index (κ3) is 14.6. The number of hydroxylamine groups is 1. The number of carbonyl (C=O) groups excluding carboxylic acids is 1. The van der Waals surface area contributed by atoms with E-state index in [-0.39, 0.29) is 0 Å². The van der Waals surface area contributed by atoms with Gasteiger partial charge in [-0.1, -0.05) is 34.9 Å². The molecule has 1 saturated heterocycles. The quantitative estimate of drug-likeness (QED) is 0.114. The van der Waals surface area contributed by atoms with E-state index in [1.165, 1.54) is 16.7 Å². The Hall–Kier alpha value is -1.08. The number of hydrogen-bond donors (Lipinski definition) is 2. The molecule has 1 rings (SSSR count).